The lowest BCUT2D eigenvalue weighted by Gasteiger charge is -2.20. The van der Waals surface area contributed by atoms with E-state index in [2.05, 4.69) is 15.3 Å². The van der Waals surface area contributed by atoms with Crippen LogP contribution >= 0.6 is 0 Å². The maximum absolute atomic E-state index is 12.6. The molecule has 0 aliphatic carbocycles. The summed E-state index contributed by atoms with van der Waals surface area (Å²) in [4.78, 5) is 32.3. The van der Waals surface area contributed by atoms with Crippen molar-refractivity contribution in [1.82, 2.24) is 15.3 Å². The monoisotopic (exact) mass is 474 g/mol. The molecule has 0 saturated heterocycles. The maximum atomic E-state index is 12.6. The summed E-state index contributed by atoms with van der Waals surface area (Å²) in [7, 11) is 1.57. The zero-order chi connectivity index (χ0) is 25.4. The van der Waals surface area contributed by atoms with Crippen LogP contribution in [0.2, 0.25) is 0 Å². The number of H-pyrrole nitrogens is 1. The Labute approximate surface area is 202 Å². The Morgan fingerprint density at radius 3 is 2.54 bits per heavy atom. The van der Waals surface area contributed by atoms with E-state index in [1.54, 1.807) is 69.5 Å². The van der Waals surface area contributed by atoms with E-state index >= 15 is 0 Å². The fourth-order valence-corrected chi connectivity index (χ4v) is 3.21. The molecule has 0 radical (unpaired) electrons. The molecular weight excluding hydrogens is 448 g/mol. The third-order valence-corrected chi connectivity index (χ3v) is 5.14. The number of ether oxygens (including phenoxy) is 2. The molecule has 1 aromatic heterocycles. The first-order valence-corrected chi connectivity index (χ1v) is 10.9. The van der Waals surface area contributed by atoms with Crippen molar-refractivity contribution in [3.05, 3.63) is 71.8 Å². The van der Waals surface area contributed by atoms with Gasteiger partial charge < -0.3 is 24.9 Å². The van der Waals surface area contributed by atoms with Gasteiger partial charge in [-0.2, -0.15) is 5.26 Å². The fraction of sp³-hybridized carbons (Fsp3) is 0.231. The van der Waals surface area contributed by atoms with Crippen LogP contribution < -0.4 is 10.1 Å². The number of aromatic nitrogens is 2. The lowest BCUT2D eigenvalue weighted by molar-refractivity contribution is -0.148. The number of nitriles is 1. The standard InChI is InChI=1S/C26H26N4O5/c1-16(2)24(30-23(32)13-10-17-8-11-18(34-3)12-9-17)26(33)35-15-22(31)19(14-27)25-28-20-6-4-5-7-21(20)29-25/h4-13,16,24,31H,15H2,1-3H3,(H,28,29)(H,30,32)/b13-10+,22-19-. The number of amides is 1. The number of nitrogens with zero attached hydrogens (tertiary/aromatic N) is 2. The summed E-state index contributed by atoms with van der Waals surface area (Å²) in [6.07, 6.45) is 2.93. The zero-order valence-electron chi connectivity index (χ0n) is 19.6. The van der Waals surface area contributed by atoms with Crippen molar-refractivity contribution in [1.29, 1.82) is 5.26 Å². The predicted molar refractivity (Wildman–Crippen MR) is 131 cm³/mol. The number of aliphatic hydroxyl groups excluding tert-OH is 1. The first-order chi connectivity index (χ1) is 16.8. The Bertz CT molecular complexity index is 1270. The van der Waals surface area contributed by atoms with Crippen molar-refractivity contribution in [3.63, 3.8) is 0 Å². The van der Waals surface area contributed by atoms with Crippen LogP contribution in [0.25, 0.3) is 22.7 Å². The van der Waals surface area contributed by atoms with Crippen LogP contribution in [0.5, 0.6) is 5.75 Å². The predicted octanol–water partition coefficient (Wildman–Crippen LogP) is 3.76. The Kier molecular flexibility index (Phi) is 8.24. The molecule has 3 rings (SSSR count). The number of para-hydroxylation sites is 2. The summed E-state index contributed by atoms with van der Waals surface area (Å²) < 4.78 is 10.3. The van der Waals surface area contributed by atoms with Crippen molar-refractivity contribution in [3.8, 4) is 11.8 Å². The molecule has 3 aromatic rings. The number of allylic oxidation sites excluding steroid dienone is 1. The number of benzene rings is 2. The van der Waals surface area contributed by atoms with E-state index in [-0.39, 0.29) is 17.3 Å². The van der Waals surface area contributed by atoms with Crippen LogP contribution in [0.4, 0.5) is 0 Å². The molecule has 1 heterocycles. The number of hydrogen-bond acceptors (Lipinski definition) is 7. The normalized spacial score (nSPS) is 12.8. The van der Waals surface area contributed by atoms with E-state index in [1.165, 1.54) is 6.08 Å². The summed E-state index contributed by atoms with van der Waals surface area (Å²) in [5.74, 6) is -1.08. The fourth-order valence-electron chi connectivity index (χ4n) is 3.21. The third kappa shape index (κ3) is 6.48. The smallest absolute Gasteiger partial charge is 0.329 e. The molecule has 1 atom stereocenters. The number of methoxy groups -OCH3 is 1. The van der Waals surface area contributed by atoms with Gasteiger partial charge in [0.05, 0.1) is 18.1 Å². The molecule has 0 aliphatic rings. The number of esters is 1. The Balaban J connectivity index is 1.64. The minimum absolute atomic E-state index is 0.137. The summed E-state index contributed by atoms with van der Waals surface area (Å²) in [5.41, 5.74) is 1.98. The van der Waals surface area contributed by atoms with Crippen LogP contribution in [-0.4, -0.2) is 46.7 Å². The van der Waals surface area contributed by atoms with Crippen LogP contribution in [-0.2, 0) is 14.3 Å². The van der Waals surface area contributed by atoms with Gasteiger partial charge in [0.15, 0.2) is 11.6 Å². The molecule has 1 unspecified atom stereocenters. The lowest BCUT2D eigenvalue weighted by Crippen LogP contribution is -2.44. The number of hydrogen-bond donors (Lipinski definition) is 3. The molecule has 9 nitrogen and oxygen atoms in total. The van der Waals surface area contributed by atoms with Crippen molar-refractivity contribution >= 4 is 34.6 Å². The van der Waals surface area contributed by atoms with Gasteiger partial charge in [-0.3, -0.25) is 4.79 Å². The third-order valence-electron chi connectivity index (χ3n) is 5.14. The Morgan fingerprint density at radius 1 is 1.20 bits per heavy atom. The number of imidazole rings is 1. The highest BCUT2D eigenvalue weighted by atomic mass is 16.5. The highest BCUT2D eigenvalue weighted by Crippen LogP contribution is 2.19. The molecule has 180 valence electrons. The highest BCUT2D eigenvalue weighted by molar-refractivity contribution is 5.94. The van der Waals surface area contributed by atoms with Crippen LogP contribution in [0.15, 0.2) is 60.4 Å². The average molecular weight is 475 g/mol. The maximum Gasteiger partial charge on any atom is 0.329 e. The quantitative estimate of drug-likeness (QED) is 0.186. The summed E-state index contributed by atoms with van der Waals surface area (Å²) in [5, 5.41) is 22.5. The van der Waals surface area contributed by atoms with Gasteiger partial charge in [-0.15, -0.1) is 0 Å². The van der Waals surface area contributed by atoms with E-state index < -0.39 is 30.3 Å². The van der Waals surface area contributed by atoms with E-state index in [4.69, 9.17) is 9.47 Å². The summed E-state index contributed by atoms with van der Waals surface area (Å²) in [6.45, 7) is 2.97. The lowest BCUT2D eigenvalue weighted by atomic mass is 10.0. The van der Waals surface area contributed by atoms with Gasteiger partial charge in [0, 0.05) is 6.08 Å². The van der Waals surface area contributed by atoms with Crippen molar-refractivity contribution in [2.75, 3.05) is 13.7 Å². The van der Waals surface area contributed by atoms with Gasteiger partial charge in [0.25, 0.3) is 0 Å². The van der Waals surface area contributed by atoms with E-state index in [9.17, 15) is 20.0 Å². The molecule has 9 heteroatoms. The van der Waals surface area contributed by atoms with E-state index in [1.807, 2.05) is 12.1 Å². The Hall–Kier alpha value is -4.58. The van der Waals surface area contributed by atoms with Crippen molar-refractivity contribution in [2.24, 2.45) is 5.92 Å². The molecule has 0 saturated carbocycles. The number of fused-ring (bicyclic) bond motifs is 1. The summed E-state index contributed by atoms with van der Waals surface area (Å²) >= 11 is 0. The number of rotatable bonds is 9. The molecule has 0 fully saturated rings. The van der Waals surface area contributed by atoms with E-state index in [0.29, 0.717) is 16.8 Å². The van der Waals surface area contributed by atoms with Gasteiger partial charge in [-0.25, -0.2) is 9.78 Å². The minimum atomic E-state index is -0.951. The second-order valence-corrected chi connectivity index (χ2v) is 7.98. The van der Waals surface area contributed by atoms with Gasteiger partial charge in [0.2, 0.25) is 5.91 Å². The van der Waals surface area contributed by atoms with Crippen LogP contribution in [0.1, 0.15) is 25.2 Å². The number of nitrogens with one attached hydrogen (secondary N) is 2. The molecule has 2 aromatic carbocycles. The van der Waals surface area contributed by atoms with E-state index in [0.717, 1.165) is 5.56 Å². The number of aromatic amines is 1. The first kappa shape index (κ1) is 25.1. The highest BCUT2D eigenvalue weighted by Gasteiger charge is 2.26. The number of carbonyl (C=O) groups is 2. The minimum Gasteiger partial charge on any atom is -0.507 e. The molecular formula is C26H26N4O5. The Morgan fingerprint density at radius 2 is 1.91 bits per heavy atom. The molecule has 0 spiro atoms. The van der Waals surface area contributed by atoms with Crippen LogP contribution in [0.3, 0.4) is 0 Å². The second-order valence-electron chi connectivity index (χ2n) is 7.98. The van der Waals surface area contributed by atoms with Crippen molar-refractivity contribution < 1.29 is 24.2 Å². The first-order valence-electron chi connectivity index (χ1n) is 10.9. The molecule has 3 N–H and O–H groups in total. The van der Waals surface area contributed by atoms with Gasteiger partial charge in [0.1, 0.15) is 30.0 Å². The zero-order valence-corrected chi connectivity index (χ0v) is 19.6. The SMILES string of the molecule is COc1ccc(/C=C/C(=O)NC(C(=O)OC/C(O)=C(\C#N)c2nc3ccccc3[nH]2)C(C)C)cc1. The molecule has 0 aliphatic heterocycles. The molecule has 35 heavy (non-hydrogen) atoms. The number of aliphatic hydroxyl groups is 1. The summed E-state index contributed by atoms with van der Waals surface area (Å²) in [6, 6.07) is 15.2. The van der Waals surface area contributed by atoms with Crippen molar-refractivity contribution in [2.45, 2.75) is 19.9 Å². The largest absolute Gasteiger partial charge is 0.507 e. The van der Waals surface area contributed by atoms with Crippen LogP contribution in [0, 0.1) is 17.2 Å². The number of carbonyl (C=O) groups excluding carboxylic acids is 2. The molecule has 0 bridgehead atoms. The van der Waals surface area contributed by atoms with Gasteiger partial charge in [-0.05, 0) is 41.8 Å². The van der Waals surface area contributed by atoms with Gasteiger partial charge >= 0.3 is 5.97 Å². The average Bonchev–Trinajstić information content (AvgIpc) is 3.28. The van der Waals surface area contributed by atoms with Gasteiger partial charge in [-0.1, -0.05) is 38.1 Å². The topological polar surface area (TPSA) is 137 Å². The molecule has 1 amide bonds. The second kappa shape index (κ2) is 11.5.